The Balaban J connectivity index is 0.00000210. The van der Waals surface area contributed by atoms with Gasteiger partial charge in [0.2, 0.25) is 5.91 Å². The number of aromatic nitrogens is 1. The molecule has 1 aliphatic heterocycles. The van der Waals surface area contributed by atoms with Crippen LogP contribution in [0.1, 0.15) is 18.4 Å². The summed E-state index contributed by atoms with van der Waals surface area (Å²) in [5.41, 5.74) is 7.69. The van der Waals surface area contributed by atoms with Gasteiger partial charge in [0.25, 0.3) is 0 Å². The van der Waals surface area contributed by atoms with E-state index in [9.17, 15) is 4.79 Å². The lowest BCUT2D eigenvalue weighted by Crippen LogP contribution is -2.44. The van der Waals surface area contributed by atoms with E-state index in [2.05, 4.69) is 10.3 Å². The number of rotatable bonds is 7. The average molecular weight is 444 g/mol. The van der Waals surface area contributed by atoms with Crippen LogP contribution in [0.5, 0.6) is 11.5 Å². The number of ether oxygens (including phenoxy) is 3. The maximum Gasteiger partial charge on any atom is 0.241 e. The van der Waals surface area contributed by atoms with Gasteiger partial charge in [-0.05, 0) is 37.0 Å². The Hall–Kier alpha value is -2.06. The molecule has 0 saturated carbocycles. The van der Waals surface area contributed by atoms with Crippen LogP contribution in [0.15, 0.2) is 42.7 Å². The molecule has 29 heavy (non-hydrogen) atoms. The number of methoxy groups -OCH3 is 1. The van der Waals surface area contributed by atoms with Crippen molar-refractivity contribution in [2.24, 2.45) is 11.7 Å². The Morgan fingerprint density at radius 3 is 2.69 bits per heavy atom. The van der Waals surface area contributed by atoms with Gasteiger partial charge in [-0.1, -0.05) is 6.07 Å². The van der Waals surface area contributed by atoms with Crippen molar-refractivity contribution in [2.45, 2.75) is 25.5 Å². The SMILES string of the molecule is COc1ccc(NC(=O)C(N)C2CCOCC2)cc1OCc1cccnc1.Cl.Cl. The van der Waals surface area contributed by atoms with E-state index < -0.39 is 6.04 Å². The molecule has 160 valence electrons. The van der Waals surface area contributed by atoms with E-state index in [4.69, 9.17) is 19.9 Å². The molecule has 1 aliphatic rings. The first kappa shape index (κ1) is 25.0. The minimum absolute atomic E-state index is 0. The van der Waals surface area contributed by atoms with Gasteiger partial charge < -0.3 is 25.3 Å². The fourth-order valence-electron chi connectivity index (χ4n) is 3.03. The highest BCUT2D eigenvalue weighted by molar-refractivity contribution is 5.95. The van der Waals surface area contributed by atoms with Gasteiger partial charge in [0.1, 0.15) is 6.61 Å². The number of carbonyl (C=O) groups excluding carboxylic acids is 1. The van der Waals surface area contributed by atoms with E-state index in [1.165, 1.54) is 0 Å². The molecule has 0 radical (unpaired) electrons. The molecule has 1 fully saturated rings. The van der Waals surface area contributed by atoms with Crippen molar-refractivity contribution >= 4 is 36.4 Å². The topological polar surface area (TPSA) is 95.7 Å². The minimum Gasteiger partial charge on any atom is -0.493 e. The van der Waals surface area contributed by atoms with Crippen molar-refractivity contribution < 1.29 is 19.0 Å². The van der Waals surface area contributed by atoms with Gasteiger partial charge in [0, 0.05) is 42.9 Å². The Morgan fingerprint density at radius 1 is 1.28 bits per heavy atom. The third-order valence-corrected chi connectivity index (χ3v) is 4.62. The molecule has 9 heteroatoms. The van der Waals surface area contributed by atoms with Crippen LogP contribution < -0.4 is 20.5 Å². The molecule has 3 N–H and O–H groups in total. The number of nitrogens with one attached hydrogen (secondary N) is 1. The van der Waals surface area contributed by atoms with Gasteiger partial charge in [-0.3, -0.25) is 9.78 Å². The molecular weight excluding hydrogens is 417 g/mol. The molecule has 2 aromatic rings. The standard InChI is InChI=1S/C20H25N3O4.2ClH/c1-25-17-5-4-16(11-18(17)27-13-14-3-2-8-22-12-14)23-20(24)19(21)15-6-9-26-10-7-15;;/h2-5,8,11-12,15,19H,6-7,9-10,13,21H2,1H3,(H,23,24);2*1H. The van der Waals surface area contributed by atoms with Crippen LogP contribution in [-0.4, -0.2) is 37.3 Å². The van der Waals surface area contributed by atoms with Crippen molar-refractivity contribution in [2.75, 3.05) is 25.6 Å². The first-order valence-electron chi connectivity index (χ1n) is 9.01. The van der Waals surface area contributed by atoms with Crippen molar-refractivity contribution in [3.05, 3.63) is 48.3 Å². The zero-order valence-electron chi connectivity index (χ0n) is 16.2. The highest BCUT2D eigenvalue weighted by atomic mass is 35.5. The second-order valence-corrected chi connectivity index (χ2v) is 6.48. The maximum atomic E-state index is 12.5. The lowest BCUT2D eigenvalue weighted by Gasteiger charge is -2.26. The highest BCUT2D eigenvalue weighted by Crippen LogP contribution is 2.31. The number of nitrogens with two attached hydrogens (primary N) is 1. The Bertz CT molecular complexity index is 759. The third-order valence-electron chi connectivity index (χ3n) is 4.62. The summed E-state index contributed by atoms with van der Waals surface area (Å²) in [5, 5.41) is 2.88. The zero-order valence-corrected chi connectivity index (χ0v) is 17.8. The van der Waals surface area contributed by atoms with Crippen LogP contribution in [0.3, 0.4) is 0 Å². The first-order valence-corrected chi connectivity index (χ1v) is 9.01. The second kappa shape index (κ2) is 12.5. The predicted octanol–water partition coefficient (Wildman–Crippen LogP) is 3.21. The molecular formula is C20H27Cl2N3O4. The van der Waals surface area contributed by atoms with E-state index >= 15 is 0 Å². The van der Waals surface area contributed by atoms with Crippen molar-refractivity contribution in [3.8, 4) is 11.5 Å². The summed E-state index contributed by atoms with van der Waals surface area (Å²) in [6, 6.07) is 8.49. The summed E-state index contributed by atoms with van der Waals surface area (Å²) in [5.74, 6) is 1.06. The van der Waals surface area contributed by atoms with E-state index in [0.29, 0.717) is 37.0 Å². The van der Waals surface area contributed by atoms with Gasteiger partial charge in [0.05, 0.1) is 13.2 Å². The molecule has 2 heterocycles. The number of anilines is 1. The number of nitrogens with zero attached hydrogens (tertiary/aromatic N) is 1. The van der Waals surface area contributed by atoms with Gasteiger partial charge in [-0.25, -0.2) is 0 Å². The summed E-state index contributed by atoms with van der Waals surface area (Å²) in [7, 11) is 1.57. The summed E-state index contributed by atoms with van der Waals surface area (Å²) in [6.45, 7) is 1.66. The number of halogens is 2. The van der Waals surface area contributed by atoms with Crippen LogP contribution in [0.4, 0.5) is 5.69 Å². The first-order chi connectivity index (χ1) is 13.2. The second-order valence-electron chi connectivity index (χ2n) is 6.48. The largest absolute Gasteiger partial charge is 0.493 e. The van der Waals surface area contributed by atoms with Crippen LogP contribution in [0, 0.1) is 5.92 Å². The Kier molecular flexibility index (Phi) is 10.8. The summed E-state index contributed by atoms with van der Waals surface area (Å²) < 4.78 is 16.5. The lowest BCUT2D eigenvalue weighted by molar-refractivity contribution is -0.119. The molecule has 7 nitrogen and oxygen atoms in total. The molecule has 3 rings (SSSR count). The number of hydrogen-bond donors (Lipinski definition) is 2. The molecule has 1 amide bonds. The van der Waals surface area contributed by atoms with E-state index in [1.807, 2.05) is 12.1 Å². The highest BCUT2D eigenvalue weighted by Gasteiger charge is 2.26. The quantitative estimate of drug-likeness (QED) is 0.681. The number of hydrogen-bond acceptors (Lipinski definition) is 6. The summed E-state index contributed by atoms with van der Waals surface area (Å²) >= 11 is 0. The van der Waals surface area contributed by atoms with E-state index in [-0.39, 0.29) is 36.6 Å². The monoisotopic (exact) mass is 443 g/mol. The molecule has 1 unspecified atom stereocenters. The molecule has 0 aliphatic carbocycles. The summed E-state index contributed by atoms with van der Waals surface area (Å²) in [4.78, 5) is 16.6. The minimum atomic E-state index is -0.559. The van der Waals surface area contributed by atoms with Crippen LogP contribution in [0.25, 0.3) is 0 Å². The van der Waals surface area contributed by atoms with Crippen molar-refractivity contribution in [1.82, 2.24) is 4.98 Å². The van der Waals surface area contributed by atoms with Crippen LogP contribution in [-0.2, 0) is 16.1 Å². The number of pyridine rings is 1. The molecule has 1 atom stereocenters. The number of carbonyl (C=O) groups is 1. The molecule has 1 saturated heterocycles. The van der Waals surface area contributed by atoms with Crippen molar-refractivity contribution in [3.63, 3.8) is 0 Å². The van der Waals surface area contributed by atoms with Crippen LogP contribution >= 0.6 is 24.8 Å². The maximum absolute atomic E-state index is 12.5. The number of amides is 1. The predicted molar refractivity (Wildman–Crippen MR) is 116 cm³/mol. The summed E-state index contributed by atoms with van der Waals surface area (Å²) in [6.07, 6.45) is 5.06. The zero-order chi connectivity index (χ0) is 19.1. The van der Waals surface area contributed by atoms with Crippen LogP contribution in [0.2, 0.25) is 0 Å². The average Bonchev–Trinajstić information content (AvgIpc) is 2.73. The van der Waals surface area contributed by atoms with E-state index in [0.717, 1.165) is 18.4 Å². The number of benzene rings is 1. The van der Waals surface area contributed by atoms with Gasteiger partial charge in [-0.15, -0.1) is 24.8 Å². The van der Waals surface area contributed by atoms with Gasteiger partial charge in [-0.2, -0.15) is 0 Å². The van der Waals surface area contributed by atoms with Gasteiger partial charge >= 0.3 is 0 Å². The van der Waals surface area contributed by atoms with E-state index in [1.54, 1.807) is 37.7 Å². The molecule has 0 spiro atoms. The fourth-order valence-corrected chi connectivity index (χ4v) is 3.03. The molecule has 0 bridgehead atoms. The Morgan fingerprint density at radius 2 is 2.03 bits per heavy atom. The molecule has 1 aromatic heterocycles. The smallest absolute Gasteiger partial charge is 0.241 e. The van der Waals surface area contributed by atoms with Crippen molar-refractivity contribution in [1.29, 1.82) is 0 Å². The normalized spacial score (nSPS) is 14.7. The molecule has 1 aromatic carbocycles. The third kappa shape index (κ3) is 7.04. The Labute approximate surface area is 183 Å². The fraction of sp³-hybridized carbons (Fsp3) is 0.400. The van der Waals surface area contributed by atoms with Gasteiger partial charge in [0.15, 0.2) is 11.5 Å². The lowest BCUT2D eigenvalue weighted by atomic mass is 9.92.